The Labute approximate surface area is 96.4 Å². The quantitative estimate of drug-likeness (QED) is 0.722. The van der Waals surface area contributed by atoms with Gasteiger partial charge in [0.1, 0.15) is 0 Å². The zero-order valence-corrected chi connectivity index (χ0v) is 11.2. The molecular formula is C13H30N2. The summed E-state index contributed by atoms with van der Waals surface area (Å²) in [7, 11) is 0. The van der Waals surface area contributed by atoms with E-state index in [0.29, 0.717) is 0 Å². The Kier molecular flexibility index (Phi) is 10.4. The summed E-state index contributed by atoms with van der Waals surface area (Å²) < 4.78 is 0. The number of nitrogens with one attached hydrogen (secondary N) is 1. The number of rotatable bonds is 1. The van der Waals surface area contributed by atoms with E-state index in [9.17, 15) is 0 Å². The van der Waals surface area contributed by atoms with E-state index >= 15 is 0 Å². The van der Waals surface area contributed by atoms with Crippen molar-refractivity contribution < 1.29 is 0 Å². The Hall–Kier alpha value is -0.0800. The average molecular weight is 214 g/mol. The van der Waals surface area contributed by atoms with Crippen LogP contribution in [0.1, 0.15) is 53.4 Å². The van der Waals surface area contributed by atoms with Crippen molar-refractivity contribution in [1.82, 2.24) is 10.2 Å². The molecule has 2 fully saturated rings. The van der Waals surface area contributed by atoms with Crippen molar-refractivity contribution in [3.8, 4) is 0 Å². The highest BCUT2D eigenvalue weighted by atomic mass is 15.2. The van der Waals surface area contributed by atoms with E-state index in [0.717, 1.165) is 6.04 Å². The van der Waals surface area contributed by atoms with Gasteiger partial charge in [0.15, 0.2) is 0 Å². The summed E-state index contributed by atoms with van der Waals surface area (Å²) in [5, 5.41) is 3.41. The van der Waals surface area contributed by atoms with Crippen LogP contribution in [0.3, 0.4) is 0 Å². The first kappa shape index (κ1) is 14.9. The Balaban J connectivity index is 0.000000442. The van der Waals surface area contributed by atoms with Crippen LogP contribution >= 0.6 is 0 Å². The molecule has 0 spiro atoms. The van der Waals surface area contributed by atoms with Crippen molar-refractivity contribution in [2.24, 2.45) is 0 Å². The van der Waals surface area contributed by atoms with E-state index in [4.69, 9.17) is 0 Å². The van der Waals surface area contributed by atoms with Gasteiger partial charge < -0.3 is 10.2 Å². The van der Waals surface area contributed by atoms with Crippen LogP contribution in [0.25, 0.3) is 0 Å². The number of hydrogen-bond acceptors (Lipinski definition) is 2. The van der Waals surface area contributed by atoms with Crippen molar-refractivity contribution in [2.45, 2.75) is 59.4 Å². The van der Waals surface area contributed by atoms with Crippen LogP contribution in [0.15, 0.2) is 0 Å². The van der Waals surface area contributed by atoms with Gasteiger partial charge in [-0.2, -0.15) is 0 Å². The lowest BCUT2D eigenvalue weighted by atomic mass is 10.1. The monoisotopic (exact) mass is 214 g/mol. The number of piperidine rings is 1. The molecule has 2 heteroatoms. The zero-order valence-electron chi connectivity index (χ0n) is 11.2. The summed E-state index contributed by atoms with van der Waals surface area (Å²) in [4.78, 5) is 2.68. The molecule has 0 saturated carbocycles. The van der Waals surface area contributed by atoms with E-state index in [1.807, 2.05) is 27.7 Å². The topological polar surface area (TPSA) is 15.3 Å². The van der Waals surface area contributed by atoms with Gasteiger partial charge in [0.05, 0.1) is 0 Å². The molecule has 2 aliphatic rings. The van der Waals surface area contributed by atoms with E-state index in [1.54, 1.807) is 0 Å². The molecule has 2 heterocycles. The van der Waals surface area contributed by atoms with Crippen LogP contribution in [0.5, 0.6) is 0 Å². The second-order valence-corrected chi connectivity index (χ2v) is 3.72. The largest absolute Gasteiger partial charge is 0.317 e. The van der Waals surface area contributed by atoms with E-state index in [1.165, 1.54) is 51.9 Å². The SMILES string of the molecule is C1CCN(C2CCNCC2)C1.CC.CC. The molecule has 2 aliphatic heterocycles. The van der Waals surface area contributed by atoms with Crippen molar-refractivity contribution in [2.75, 3.05) is 26.2 Å². The first-order valence-electron chi connectivity index (χ1n) is 6.91. The first-order chi connectivity index (χ1) is 7.47. The summed E-state index contributed by atoms with van der Waals surface area (Å²) >= 11 is 0. The van der Waals surface area contributed by atoms with Gasteiger partial charge >= 0.3 is 0 Å². The third kappa shape index (κ3) is 5.53. The van der Waals surface area contributed by atoms with E-state index in [2.05, 4.69) is 10.2 Å². The summed E-state index contributed by atoms with van der Waals surface area (Å²) in [6.07, 6.45) is 5.62. The van der Waals surface area contributed by atoms with Crippen molar-refractivity contribution in [1.29, 1.82) is 0 Å². The molecule has 0 amide bonds. The molecule has 1 N–H and O–H groups in total. The molecule has 0 aliphatic carbocycles. The maximum atomic E-state index is 3.41. The van der Waals surface area contributed by atoms with Crippen LogP contribution in [0.2, 0.25) is 0 Å². The van der Waals surface area contributed by atoms with E-state index < -0.39 is 0 Å². The molecule has 0 aromatic carbocycles. The van der Waals surface area contributed by atoms with Crippen LogP contribution in [-0.4, -0.2) is 37.1 Å². The minimum atomic E-state index is 0.916. The molecule has 92 valence electrons. The fraction of sp³-hybridized carbons (Fsp3) is 1.00. The third-order valence-electron chi connectivity index (χ3n) is 2.97. The Morgan fingerprint density at radius 1 is 0.867 bits per heavy atom. The second-order valence-electron chi connectivity index (χ2n) is 3.72. The highest BCUT2D eigenvalue weighted by molar-refractivity contribution is 4.80. The van der Waals surface area contributed by atoms with E-state index in [-0.39, 0.29) is 0 Å². The Morgan fingerprint density at radius 2 is 1.33 bits per heavy atom. The minimum Gasteiger partial charge on any atom is -0.317 e. The minimum absolute atomic E-state index is 0.916. The van der Waals surface area contributed by atoms with Crippen LogP contribution in [-0.2, 0) is 0 Å². The lowest BCUT2D eigenvalue weighted by Crippen LogP contribution is -2.41. The predicted octanol–water partition coefficient (Wildman–Crippen LogP) is 2.89. The van der Waals surface area contributed by atoms with Crippen molar-refractivity contribution in [3.63, 3.8) is 0 Å². The molecular weight excluding hydrogens is 184 g/mol. The van der Waals surface area contributed by atoms with Gasteiger partial charge in [0.2, 0.25) is 0 Å². The molecule has 15 heavy (non-hydrogen) atoms. The Morgan fingerprint density at radius 3 is 1.80 bits per heavy atom. The molecule has 0 unspecified atom stereocenters. The lowest BCUT2D eigenvalue weighted by Gasteiger charge is -2.31. The fourth-order valence-corrected chi connectivity index (χ4v) is 2.28. The van der Waals surface area contributed by atoms with Gasteiger partial charge in [-0.05, 0) is 51.9 Å². The highest BCUT2D eigenvalue weighted by Gasteiger charge is 2.22. The maximum Gasteiger partial charge on any atom is 0.0119 e. The Bertz CT molecular complexity index is 114. The molecule has 2 saturated heterocycles. The molecule has 2 nitrogen and oxygen atoms in total. The lowest BCUT2D eigenvalue weighted by molar-refractivity contribution is 0.199. The summed E-state index contributed by atoms with van der Waals surface area (Å²) in [5.74, 6) is 0. The average Bonchev–Trinajstić information content (AvgIpc) is 2.89. The molecule has 0 aromatic rings. The van der Waals surface area contributed by atoms with Gasteiger partial charge in [-0.3, -0.25) is 0 Å². The fourth-order valence-electron chi connectivity index (χ4n) is 2.28. The van der Waals surface area contributed by atoms with Crippen molar-refractivity contribution >= 4 is 0 Å². The molecule has 0 bridgehead atoms. The highest BCUT2D eigenvalue weighted by Crippen LogP contribution is 2.17. The number of likely N-dealkylation sites (tertiary alicyclic amines) is 1. The van der Waals surface area contributed by atoms with Crippen LogP contribution in [0.4, 0.5) is 0 Å². The summed E-state index contributed by atoms with van der Waals surface area (Å²) in [5.41, 5.74) is 0. The zero-order chi connectivity index (χ0) is 11.5. The number of hydrogen-bond donors (Lipinski definition) is 1. The molecule has 2 rings (SSSR count). The third-order valence-corrected chi connectivity index (χ3v) is 2.97. The molecule has 0 aromatic heterocycles. The predicted molar refractivity (Wildman–Crippen MR) is 69.4 cm³/mol. The summed E-state index contributed by atoms with van der Waals surface area (Å²) in [6, 6.07) is 0.916. The van der Waals surface area contributed by atoms with Crippen molar-refractivity contribution in [3.05, 3.63) is 0 Å². The van der Waals surface area contributed by atoms with Gasteiger partial charge in [-0.15, -0.1) is 0 Å². The van der Waals surface area contributed by atoms with Crippen LogP contribution < -0.4 is 5.32 Å². The smallest absolute Gasteiger partial charge is 0.0119 e. The summed E-state index contributed by atoms with van der Waals surface area (Å²) in [6.45, 7) is 13.2. The second kappa shape index (κ2) is 10.4. The van der Waals surface area contributed by atoms with Gasteiger partial charge in [-0.25, -0.2) is 0 Å². The van der Waals surface area contributed by atoms with Gasteiger partial charge in [0, 0.05) is 6.04 Å². The van der Waals surface area contributed by atoms with Gasteiger partial charge in [-0.1, -0.05) is 27.7 Å². The van der Waals surface area contributed by atoms with Crippen LogP contribution in [0, 0.1) is 0 Å². The number of nitrogens with zero attached hydrogens (tertiary/aromatic N) is 1. The van der Waals surface area contributed by atoms with Gasteiger partial charge in [0.25, 0.3) is 0 Å². The molecule has 0 radical (unpaired) electrons. The first-order valence-corrected chi connectivity index (χ1v) is 6.91. The maximum absolute atomic E-state index is 3.41. The standard InChI is InChI=1S/C9H18N2.2C2H6/c1-2-8-11(7-1)9-3-5-10-6-4-9;2*1-2/h9-10H,1-8H2;2*1-2H3. The molecule has 0 atom stereocenters. The normalized spacial score (nSPS) is 22.4.